The molecule has 2 atom stereocenters. The summed E-state index contributed by atoms with van der Waals surface area (Å²) in [7, 11) is 0. The fourth-order valence-electron chi connectivity index (χ4n) is 3.61. The number of hydrogen-bond acceptors (Lipinski definition) is 4. The number of ether oxygens (including phenoxy) is 1. The molecule has 0 aliphatic carbocycles. The van der Waals surface area contributed by atoms with Crippen LogP contribution >= 0.6 is 0 Å². The molecule has 12 heteroatoms. The van der Waals surface area contributed by atoms with Crippen LogP contribution in [0.3, 0.4) is 0 Å². The van der Waals surface area contributed by atoms with Crippen molar-refractivity contribution in [2.24, 2.45) is 11.8 Å². The number of hydrogen-bond donors (Lipinski definition) is 2. The molecule has 3 aromatic rings. The normalized spacial score (nSPS) is 18.0. The summed E-state index contributed by atoms with van der Waals surface area (Å²) in [5.74, 6) is -4.43. The maximum atomic E-state index is 14.5. The summed E-state index contributed by atoms with van der Waals surface area (Å²) >= 11 is 0. The largest absolute Gasteiger partial charge is 0.573 e. The molecular weight excluding hydrogens is 463 g/mol. The van der Waals surface area contributed by atoms with E-state index in [1.54, 1.807) is 6.92 Å². The minimum absolute atomic E-state index is 0.0441. The lowest BCUT2D eigenvalue weighted by atomic mass is 9.97. The van der Waals surface area contributed by atoms with Crippen LogP contribution in [-0.4, -0.2) is 34.5 Å². The highest BCUT2D eigenvalue weighted by Gasteiger charge is 2.36. The molecule has 2 heterocycles. The van der Waals surface area contributed by atoms with Gasteiger partial charge in [-0.15, -0.1) is 18.3 Å². The Labute approximate surface area is 189 Å². The number of anilines is 1. The summed E-state index contributed by atoms with van der Waals surface area (Å²) in [6.45, 7) is 1.72. The third-order valence-electron chi connectivity index (χ3n) is 5.31. The second-order valence-electron chi connectivity index (χ2n) is 7.63. The number of aromatic nitrogens is 2. The molecule has 0 radical (unpaired) electrons. The quantitative estimate of drug-likeness (QED) is 0.540. The van der Waals surface area contributed by atoms with E-state index in [-0.39, 0.29) is 35.2 Å². The molecule has 4 rings (SSSR count). The van der Waals surface area contributed by atoms with E-state index in [0.29, 0.717) is 6.07 Å². The van der Waals surface area contributed by atoms with Gasteiger partial charge in [0, 0.05) is 30.2 Å². The molecule has 1 saturated heterocycles. The van der Waals surface area contributed by atoms with Crippen LogP contribution < -0.4 is 15.4 Å². The van der Waals surface area contributed by atoms with Crippen molar-refractivity contribution in [3.63, 3.8) is 0 Å². The average molecular weight is 480 g/mol. The predicted octanol–water partition coefficient (Wildman–Crippen LogP) is 4.04. The first-order valence-corrected chi connectivity index (χ1v) is 10.0. The summed E-state index contributed by atoms with van der Waals surface area (Å²) in [6.07, 6.45) is -4.93. The lowest BCUT2D eigenvalue weighted by Gasteiger charge is -2.12. The number of carbonyl (C=O) groups is 2. The van der Waals surface area contributed by atoms with Crippen LogP contribution in [0.1, 0.15) is 6.92 Å². The van der Waals surface area contributed by atoms with Crippen molar-refractivity contribution in [3.8, 4) is 22.7 Å². The molecule has 178 valence electrons. The van der Waals surface area contributed by atoms with Crippen molar-refractivity contribution < 1.29 is 36.3 Å². The number of nitrogens with one attached hydrogen (secondary N) is 2. The molecule has 2 N–H and O–H groups in total. The van der Waals surface area contributed by atoms with E-state index in [4.69, 9.17) is 0 Å². The predicted molar refractivity (Wildman–Crippen MR) is 110 cm³/mol. The number of benzene rings is 2. The van der Waals surface area contributed by atoms with Crippen LogP contribution in [0.25, 0.3) is 16.9 Å². The molecule has 0 saturated carbocycles. The maximum Gasteiger partial charge on any atom is 0.573 e. The molecule has 0 unspecified atom stereocenters. The number of carbonyl (C=O) groups excluding carboxylic acids is 2. The lowest BCUT2D eigenvalue weighted by Crippen LogP contribution is -2.28. The van der Waals surface area contributed by atoms with Gasteiger partial charge in [0.15, 0.2) is 11.6 Å². The molecule has 1 aliphatic heterocycles. The van der Waals surface area contributed by atoms with Gasteiger partial charge >= 0.3 is 6.36 Å². The van der Waals surface area contributed by atoms with E-state index in [1.165, 1.54) is 18.2 Å². The molecule has 2 amide bonds. The van der Waals surface area contributed by atoms with Gasteiger partial charge in [-0.05, 0) is 24.3 Å². The van der Waals surface area contributed by atoms with E-state index in [1.807, 2.05) is 0 Å². The number of nitrogens with zero attached hydrogens (tertiary/aromatic N) is 2. The summed E-state index contributed by atoms with van der Waals surface area (Å²) in [4.78, 5) is 24.4. The van der Waals surface area contributed by atoms with Crippen molar-refractivity contribution in [2.75, 3.05) is 11.9 Å². The van der Waals surface area contributed by atoms with Gasteiger partial charge in [0.2, 0.25) is 11.8 Å². The topological polar surface area (TPSA) is 85.3 Å². The summed E-state index contributed by atoms with van der Waals surface area (Å²) in [5, 5.41) is 9.28. The zero-order valence-corrected chi connectivity index (χ0v) is 17.5. The highest BCUT2D eigenvalue weighted by molar-refractivity contribution is 5.98. The summed E-state index contributed by atoms with van der Waals surface area (Å²) in [5.41, 5.74) is 0.0526. The fraction of sp³-hybridized carbons (Fsp3) is 0.227. The number of rotatable bonds is 5. The van der Waals surface area contributed by atoms with E-state index in [0.717, 1.165) is 28.9 Å². The maximum absolute atomic E-state index is 14.5. The first kappa shape index (κ1) is 23.2. The van der Waals surface area contributed by atoms with Gasteiger partial charge in [-0.25, -0.2) is 13.5 Å². The third-order valence-corrected chi connectivity index (χ3v) is 5.31. The fourth-order valence-corrected chi connectivity index (χ4v) is 3.61. The molecule has 2 aromatic carbocycles. The smallest absolute Gasteiger partial charge is 0.406 e. The van der Waals surface area contributed by atoms with Crippen LogP contribution in [0.15, 0.2) is 48.5 Å². The zero-order valence-electron chi connectivity index (χ0n) is 17.5. The first-order chi connectivity index (χ1) is 16.0. The van der Waals surface area contributed by atoms with E-state index in [2.05, 4.69) is 20.5 Å². The van der Waals surface area contributed by atoms with Crippen LogP contribution in [-0.2, 0) is 9.59 Å². The lowest BCUT2D eigenvalue weighted by molar-refractivity contribution is -0.274. The number of alkyl halides is 3. The average Bonchev–Trinajstić information content (AvgIpc) is 3.30. The van der Waals surface area contributed by atoms with Crippen molar-refractivity contribution in [1.29, 1.82) is 0 Å². The molecule has 1 aromatic heterocycles. The van der Waals surface area contributed by atoms with Crippen LogP contribution in [0.4, 0.5) is 27.8 Å². The van der Waals surface area contributed by atoms with Crippen LogP contribution in [0, 0.1) is 23.5 Å². The Kier molecular flexibility index (Phi) is 5.98. The van der Waals surface area contributed by atoms with Crippen molar-refractivity contribution >= 4 is 17.6 Å². The van der Waals surface area contributed by atoms with Gasteiger partial charge in [0.25, 0.3) is 0 Å². The van der Waals surface area contributed by atoms with Crippen LogP contribution in [0.5, 0.6) is 5.75 Å². The Morgan fingerprint density at radius 2 is 1.94 bits per heavy atom. The van der Waals surface area contributed by atoms with E-state index < -0.39 is 41.5 Å². The van der Waals surface area contributed by atoms with Gasteiger partial charge in [-0.3, -0.25) is 9.59 Å². The molecule has 1 aliphatic rings. The minimum atomic E-state index is -4.93. The summed E-state index contributed by atoms with van der Waals surface area (Å²) < 4.78 is 70.9. The first-order valence-electron chi connectivity index (χ1n) is 10.0. The second-order valence-corrected chi connectivity index (χ2v) is 7.63. The Balaban J connectivity index is 1.74. The highest BCUT2D eigenvalue weighted by atomic mass is 19.4. The zero-order chi connectivity index (χ0) is 24.6. The van der Waals surface area contributed by atoms with Gasteiger partial charge in [0.05, 0.1) is 11.6 Å². The standard InChI is InChI=1S/C22H17F5N4O3/c1-11-15(10-28-20(11)32)21(33)29-19-9-18(12-3-2-4-14(7-12)34-22(25,26)27)31(30-19)17-6-5-13(23)8-16(17)24/h2-9,11,15H,10H2,1H3,(H,28,32)(H,29,30,33)/t11-,15+/m1/s1. The Morgan fingerprint density at radius 1 is 1.18 bits per heavy atom. The highest BCUT2D eigenvalue weighted by Crippen LogP contribution is 2.32. The van der Waals surface area contributed by atoms with Crippen molar-refractivity contribution in [1.82, 2.24) is 15.1 Å². The minimum Gasteiger partial charge on any atom is -0.406 e. The Morgan fingerprint density at radius 3 is 2.59 bits per heavy atom. The second kappa shape index (κ2) is 8.76. The van der Waals surface area contributed by atoms with E-state index in [9.17, 15) is 31.5 Å². The van der Waals surface area contributed by atoms with Gasteiger partial charge in [-0.1, -0.05) is 19.1 Å². The van der Waals surface area contributed by atoms with Gasteiger partial charge < -0.3 is 15.4 Å². The molecule has 34 heavy (non-hydrogen) atoms. The Hall–Kier alpha value is -3.96. The molecule has 0 bridgehead atoms. The van der Waals surface area contributed by atoms with Gasteiger partial charge in [-0.2, -0.15) is 0 Å². The van der Waals surface area contributed by atoms with E-state index >= 15 is 0 Å². The number of amides is 2. The summed E-state index contributed by atoms with van der Waals surface area (Å²) in [6, 6.07) is 8.92. The molecular formula is C22H17F5N4O3. The van der Waals surface area contributed by atoms with Crippen molar-refractivity contribution in [3.05, 3.63) is 60.2 Å². The molecule has 0 spiro atoms. The van der Waals surface area contributed by atoms with Gasteiger partial charge in [0.1, 0.15) is 17.3 Å². The van der Waals surface area contributed by atoms with Crippen LogP contribution in [0.2, 0.25) is 0 Å². The molecule has 1 fully saturated rings. The van der Waals surface area contributed by atoms with Crippen molar-refractivity contribution in [2.45, 2.75) is 13.3 Å². The SMILES string of the molecule is C[C@H]1C(=O)NC[C@@H]1C(=O)Nc1cc(-c2cccc(OC(F)(F)F)c2)n(-c2ccc(F)cc2F)n1. The Bertz CT molecular complexity index is 1260. The number of halogens is 5. The monoisotopic (exact) mass is 480 g/mol. The molecule has 7 nitrogen and oxygen atoms in total. The third kappa shape index (κ3) is 4.85.